The first kappa shape index (κ1) is 20.0. The highest BCUT2D eigenvalue weighted by molar-refractivity contribution is 8.18. The summed E-state index contributed by atoms with van der Waals surface area (Å²) in [6, 6.07) is 25.3. The van der Waals surface area contributed by atoms with E-state index in [0.29, 0.717) is 21.6 Å². The number of imide groups is 1. The molecule has 2 heterocycles. The lowest BCUT2D eigenvalue weighted by atomic mass is 10.1. The lowest BCUT2D eigenvalue weighted by Crippen LogP contribution is -2.27. The fourth-order valence-corrected chi connectivity index (χ4v) is 4.38. The van der Waals surface area contributed by atoms with E-state index in [1.54, 1.807) is 24.3 Å². The van der Waals surface area contributed by atoms with Crippen LogP contribution in [0.3, 0.4) is 0 Å². The van der Waals surface area contributed by atoms with Gasteiger partial charge in [-0.15, -0.1) is 0 Å². The molecule has 0 bridgehead atoms. The van der Waals surface area contributed by atoms with E-state index in [2.05, 4.69) is 0 Å². The molecule has 2 amide bonds. The average molecular weight is 439 g/mol. The van der Waals surface area contributed by atoms with Crippen LogP contribution in [0.5, 0.6) is 0 Å². The van der Waals surface area contributed by atoms with E-state index in [1.165, 1.54) is 11.0 Å². The van der Waals surface area contributed by atoms with Gasteiger partial charge in [-0.2, -0.15) is 0 Å². The number of thioether (sulfide) groups is 1. The smallest absolute Gasteiger partial charge is 0.293 e. The highest BCUT2D eigenvalue weighted by Gasteiger charge is 2.34. The third kappa shape index (κ3) is 3.88. The maximum atomic E-state index is 12.7. The predicted octanol–water partition coefficient (Wildman–Crippen LogP) is 5.70. The molecule has 156 valence electrons. The molecule has 0 radical (unpaired) electrons. The van der Waals surface area contributed by atoms with Crippen LogP contribution >= 0.6 is 11.8 Å². The molecule has 0 N–H and O–H groups in total. The van der Waals surface area contributed by atoms with Crippen LogP contribution in [0.15, 0.2) is 99.0 Å². The van der Waals surface area contributed by atoms with Crippen molar-refractivity contribution in [2.75, 3.05) is 0 Å². The van der Waals surface area contributed by atoms with Crippen LogP contribution in [0.4, 0.5) is 4.79 Å². The average Bonchev–Trinajstić information content (AvgIpc) is 3.07. The van der Waals surface area contributed by atoms with Crippen molar-refractivity contribution in [2.24, 2.45) is 0 Å². The van der Waals surface area contributed by atoms with Gasteiger partial charge in [-0.05, 0) is 41.1 Å². The summed E-state index contributed by atoms with van der Waals surface area (Å²) in [6.07, 6.45) is 1.70. The Morgan fingerprint density at radius 3 is 2.34 bits per heavy atom. The van der Waals surface area contributed by atoms with Gasteiger partial charge in [0.25, 0.3) is 11.1 Å². The second-order valence-electron chi connectivity index (χ2n) is 7.35. The number of hydrogen-bond donors (Lipinski definition) is 0. The van der Waals surface area contributed by atoms with Crippen LogP contribution in [0.25, 0.3) is 28.4 Å². The number of carbonyl (C=O) groups is 2. The van der Waals surface area contributed by atoms with Crippen molar-refractivity contribution in [2.45, 2.75) is 6.54 Å². The normalized spacial score (nSPS) is 15.1. The first-order chi connectivity index (χ1) is 15.6. The molecular weight excluding hydrogens is 422 g/mol. The fraction of sp³-hybridized carbons (Fsp3) is 0.0385. The standard InChI is InChI=1S/C26H17NO4S/c28-21-15-23(31-22-9-5-4-8-20(21)22)19-12-10-17(11-13-19)14-24-25(29)27(26(30)32-24)16-18-6-2-1-3-7-18/h1-15H,16H2/b24-14-. The molecule has 5 nitrogen and oxygen atoms in total. The molecule has 0 saturated carbocycles. The second kappa shape index (κ2) is 8.32. The van der Waals surface area contributed by atoms with E-state index in [1.807, 2.05) is 60.7 Å². The van der Waals surface area contributed by atoms with Crippen molar-refractivity contribution < 1.29 is 14.0 Å². The van der Waals surface area contributed by atoms with E-state index in [4.69, 9.17) is 4.42 Å². The summed E-state index contributed by atoms with van der Waals surface area (Å²) in [6.45, 7) is 0.253. The molecule has 3 aromatic carbocycles. The summed E-state index contributed by atoms with van der Waals surface area (Å²) < 4.78 is 5.88. The van der Waals surface area contributed by atoms with Crippen LogP contribution in [0, 0.1) is 0 Å². The van der Waals surface area contributed by atoms with Crippen LogP contribution < -0.4 is 5.43 Å². The van der Waals surface area contributed by atoms with E-state index in [9.17, 15) is 14.4 Å². The van der Waals surface area contributed by atoms with E-state index >= 15 is 0 Å². The molecule has 5 rings (SSSR count). The van der Waals surface area contributed by atoms with Gasteiger partial charge >= 0.3 is 0 Å². The fourth-order valence-electron chi connectivity index (χ4n) is 3.54. The Kier molecular flexibility index (Phi) is 5.21. The first-order valence-corrected chi connectivity index (χ1v) is 10.8. The minimum atomic E-state index is -0.298. The van der Waals surface area contributed by atoms with Gasteiger partial charge in [0.1, 0.15) is 11.3 Å². The summed E-state index contributed by atoms with van der Waals surface area (Å²) >= 11 is 0.939. The van der Waals surface area contributed by atoms with E-state index in [0.717, 1.165) is 28.5 Å². The largest absolute Gasteiger partial charge is 0.456 e. The highest BCUT2D eigenvalue weighted by atomic mass is 32.2. The zero-order valence-corrected chi connectivity index (χ0v) is 17.7. The summed E-state index contributed by atoms with van der Waals surface area (Å²) in [5, 5.41) is 0.263. The third-order valence-electron chi connectivity index (χ3n) is 5.18. The molecule has 0 spiro atoms. The van der Waals surface area contributed by atoms with Crippen LogP contribution in [-0.4, -0.2) is 16.0 Å². The number of para-hydroxylation sites is 1. The first-order valence-electron chi connectivity index (χ1n) is 10.0. The SMILES string of the molecule is O=C1S/C(=C\c2ccc(-c3cc(=O)c4ccccc4o3)cc2)C(=O)N1Cc1ccccc1. The molecule has 0 unspecified atom stereocenters. The minimum absolute atomic E-state index is 0.0991. The summed E-state index contributed by atoms with van der Waals surface area (Å²) in [7, 11) is 0. The van der Waals surface area contributed by atoms with Crippen molar-refractivity contribution in [3.8, 4) is 11.3 Å². The number of rotatable bonds is 4. The third-order valence-corrected chi connectivity index (χ3v) is 6.09. The van der Waals surface area contributed by atoms with Gasteiger partial charge in [-0.25, -0.2) is 0 Å². The van der Waals surface area contributed by atoms with Gasteiger partial charge in [-0.3, -0.25) is 19.3 Å². The summed E-state index contributed by atoms with van der Waals surface area (Å²) in [5.74, 6) is 0.178. The molecule has 1 aliphatic rings. The Morgan fingerprint density at radius 2 is 1.56 bits per heavy atom. The molecule has 4 aromatic rings. The number of hydrogen-bond acceptors (Lipinski definition) is 5. The van der Waals surface area contributed by atoms with Crippen molar-refractivity contribution in [1.82, 2.24) is 4.90 Å². The molecule has 1 saturated heterocycles. The van der Waals surface area contributed by atoms with E-state index in [-0.39, 0.29) is 23.1 Å². The maximum absolute atomic E-state index is 12.7. The van der Waals surface area contributed by atoms with E-state index < -0.39 is 0 Å². The molecule has 0 aliphatic carbocycles. The number of nitrogens with zero attached hydrogens (tertiary/aromatic N) is 1. The van der Waals surface area contributed by atoms with Gasteiger partial charge in [0, 0.05) is 11.6 Å². The van der Waals surface area contributed by atoms with Crippen molar-refractivity contribution in [1.29, 1.82) is 0 Å². The maximum Gasteiger partial charge on any atom is 0.293 e. The van der Waals surface area contributed by atoms with Crippen LogP contribution in [0.1, 0.15) is 11.1 Å². The second-order valence-corrected chi connectivity index (χ2v) is 8.34. The van der Waals surface area contributed by atoms with Gasteiger partial charge in [0.2, 0.25) is 0 Å². The minimum Gasteiger partial charge on any atom is -0.456 e. The van der Waals surface area contributed by atoms with Crippen LogP contribution in [-0.2, 0) is 11.3 Å². The van der Waals surface area contributed by atoms with Crippen molar-refractivity contribution >= 4 is 40.0 Å². The summed E-state index contributed by atoms with van der Waals surface area (Å²) in [5.41, 5.74) is 2.87. The van der Waals surface area contributed by atoms with Gasteiger partial charge in [0.15, 0.2) is 5.43 Å². The molecular formula is C26H17NO4S. The van der Waals surface area contributed by atoms with Crippen LogP contribution in [0.2, 0.25) is 0 Å². The van der Waals surface area contributed by atoms with Crippen molar-refractivity contribution in [3.05, 3.63) is 111 Å². The predicted molar refractivity (Wildman–Crippen MR) is 126 cm³/mol. The Morgan fingerprint density at radius 1 is 0.844 bits per heavy atom. The topological polar surface area (TPSA) is 67.6 Å². The summed E-state index contributed by atoms with van der Waals surface area (Å²) in [4.78, 5) is 39.1. The Hall–Kier alpha value is -3.90. The Bertz CT molecular complexity index is 1420. The highest BCUT2D eigenvalue weighted by Crippen LogP contribution is 2.33. The molecule has 1 aliphatic heterocycles. The number of carbonyl (C=O) groups excluding carboxylic acids is 2. The van der Waals surface area contributed by atoms with Gasteiger partial charge in [0.05, 0.1) is 16.8 Å². The lowest BCUT2D eigenvalue weighted by Gasteiger charge is -2.12. The number of fused-ring (bicyclic) bond motifs is 1. The van der Waals surface area contributed by atoms with Crippen molar-refractivity contribution in [3.63, 3.8) is 0 Å². The zero-order valence-electron chi connectivity index (χ0n) is 16.9. The molecule has 0 atom stereocenters. The monoisotopic (exact) mass is 439 g/mol. The van der Waals surface area contributed by atoms with Gasteiger partial charge < -0.3 is 4.42 Å². The zero-order chi connectivity index (χ0) is 22.1. The molecule has 1 aromatic heterocycles. The van der Waals surface area contributed by atoms with Gasteiger partial charge in [-0.1, -0.05) is 66.7 Å². The quantitative estimate of drug-likeness (QED) is 0.382. The molecule has 32 heavy (non-hydrogen) atoms. The molecule has 1 fully saturated rings. The number of benzene rings is 3. The Balaban J connectivity index is 1.38. The lowest BCUT2D eigenvalue weighted by molar-refractivity contribution is -0.123. The number of amides is 2. The Labute approximate surface area is 188 Å². The molecule has 6 heteroatoms.